The molecule has 1 heterocycles. The molecule has 0 radical (unpaired) electrons. The van der Waals surface area contributed by atoms with Crippen molar-refractivity contribution in [1.29, 1.82) is 0 Å². The summed E-state index contributed by atoms with van der Waals surface area (Å²) in [7, 11) is 0. The summed E-state index contributed by atoms with van der Waals surface area (Å²) < 4.78 is 4.71. The van der Waals surface area contributed by atoms with E-state index in [2.05, 4.69) is 0 Å². The minimum Gasteiger partial charge on any atom is -0.394 e. The number of hydrogen-bond acceptors (Lipinski definition) is 6. The lowest BCUT2D eigenvalue weighted by Crippen LogP contribution is -2.49. The van der Waals surface area contributed by atoms with Gasteiger partial charge in [0.2, 0.25) is 0 Å². The Kier molecular flexibility index (Phi) is 6.60. The third-order valence-electron chi connectivity index (χ3n) is 1.73. The monoisotopic (exact) mass is 208 g/mol. The first kappa shape index (κ1) is 13.5. The fourth-order valence-electron chi connectivity index (χ4n) is 1.08. The predicted molar refractivity (Wildman–Crippen MR) is 46.3 cm³/mol. The molecule has 0 aromatic heterocycles. The average Bonchev–Trinajstić information content (AvgIpc) is 2.12. The summed E-state index contributed by atoms with van der Waals surface area (Å²) in [5.41, 5.74) is 0. The molecule has 0 amide bonds. The summed E-state index contributed by atoms with van der Waals surface area (Å²) >= 11 is 0. The molecule has 84 valence electrons. The van der Waals surface area contributed by atoms with Gasteiger partial charge in [0.05, 0.1) is 12.7 Å². The zero-order chi connectivity index (χ0) is 11.1. The van der Waals surface area contributed by atoms with Crippen LogP contribution in [0.3, 0.4) is 0 Å². The number of aliphatic hydroxyl groups is 4. The van der Waals surface area contributed by atoms with Crippen LogP contribution in [0, 0.1) is 0 Å². The van der Waals surface area contributed by atoms with Crippen molar-refractivity contribution in [2.24, 2.45) is 0 Å². The molecule has 0 aromatic carbocycles. The molecular weight excluding hydrogens is 192 g/mol. The standard InChI is InChI=1S/C6H12O5.C2H4O/c7-2-4-6(10)3(8)1-5(9)11-4;1-2-3/h3-10H,1-2H2;2H,1H3/t3-,4-,5+,6+;/m1./s1. The summed E-state index contributed by atoms with van der Waals surface area (Å²) in [6.45, 7) is 1.04. The number of carbonyl (C=O) groups excluding carboxylic acids is 1. The van der Waals surface area contributed by atoms with Crippen molar-refractivity contribution >= 4 is 6.29 Å². The second-order valence-electron chi connectivity index (χ2n) is 2.84. The molecule has 0 aromatic rings. The SMILES string of the molecule is CC=O.OC[C@H]1O[C@H](O)C[C@@H](O)[C@@H]1O. The molecule has 1 rings (SSSR count). The molecule has 0 aliphatic carbocycles. The van der Waals surface area contributed by atoms with Gasteiger partial charge in [0, 0.05) is 6.42 Å². The maximum absolute atomic E-state index is 9.11. The van der Waals surface area contributed by atoms with Crippen LogP contribution in [-0.2, 0) is 9.53 Å². The fourth-order valence-corrected chi connectivity index (χ4v) is 1.08. The van der Waals surface area contributed by atoms with Gasteiger partial charge in [-0.25, -0.2) is 0 Å². The van der Waals surface area contributed by atoms with Crippen LogP contribution in [-0.4, -0.2) is 57.9 Å². The van der Waals surface area contributed by atoms with E-state index >= 15 is 0 Å². The van der Waals surface area contributed by atoms with Crippen LogP contribution in [0.1, 0.15) is 13.3 Å². The van der Waals surface area contributed by atoms with Crippen molar-refractivity contribution in [3.05, 3.63) is 0 Å². The summed E-state index contributed by atoms with van der Waals surface area (Å²) in [5.74, 6) is 0. The van der Waals surface area contributed by atoms with Crippen molar-refractivity contribution in [3.8, 4) is 0 Å². The van der Waals surface area contributed by atoms with Gasteiger partial charge in [0.15, 0.2) is 6.29 Å². The molecule has 1 aliphatic rings. The molecule has 0 unspecified atom stereocenters. The quantitative estimate of drug-likeness (QED) is 0.372. The number of ether oxygens (including phenoxy) is 1. The minimum absolute atomic E-state index is 0.0162. The van der Waals surface area contributed by atoms with Crippen LogP contribution >= 0.6 is 0 Å². The van der Waals surface area contributed by atoms with Crippen molar-refractivity contribution in [2.75, 3.05) is 6.61 Å². The second-order valence-corrected chi connectivity index (χ2v) is 2.84. The predicted octanol–water partition coefficient (Wildman–Crippen LogP) is -1.99. The smallest absolute Gasteiger partial charge is 0.157 e. The molecular formula is C8H16O6. The van der Waals surface area contributed by atoms with E-state index in [1.807, 2.05) is 0 Å². The first-order chi connectivity index (χ1) is 6.56. The van der Waals surface area contributed by atoms with Gasteiger partial charge in [-0.15, -0.1) is 0 Å². The zero-order valence-electron chi connectivity index (χ0n) is 7.91. The van der Waals surface area contributed by atoms with Crippen LogP contribution < -0.4 is 0 Å². The van der Waals surface area contributed by atoms with Crippen molar-refractivity contribution in [1.82, 2.24) is 0 Å². The Morgan fingerprint density at radius 2 is 1.93 bits per heavy atom. The molecule has 6 nitrogen and oxygen atoms in total. The molecule has 0 spiro atoms. The average molecular weight is 208 g/mol. The van der Waals surface area contributed by atoms with Crippen molar-refractivity contribution < 1.29 is 30.0 Å². The maximum atomic E-state index is 9.11. The van der Waals surface area contributed by atoms with E-state index in [9.17, 15) is 0 Å². The lowest BCUT2D eigenvalue weighted by atomic mass is 10.0. The highest BCUT2D eigenvalue weighted by Gasteiger charge is 2.35. The molecule has 1 fully saturated rings. The van der Waals surface area contributed by atoms with Gasteiger partial charge in [-0.2, -0.15) is 0 Å². The van der Waals surface area contributed by atoms with Gasteiger partial charge in [-0.05, 0) is 6.92 Å². The van der Waals surface area contributed by atoms with Crippen LogP contribution in [0.4, 0.5) is 0 Å². The van der Waals surface area contributed by atoms with Crippen LogP contribution in [0.15, 0.2) is 0 Å². The van der Waals surface area contributed by atoms with E-state index in [-0.39, 0.29) is 6.42 Å². The zero-order valence-corrected chi connectivity index (χ0v) is 7.91. The summed E-state index contributed by atoms with van der Waals surface area (Å²) in [4.78, 5) is 8.81. The molecule has 1 saturated heterocycles. The topological polar surface area (TPSA) is 107 Å². The Bertz CT molecular complexity index is 162. The molecule has 0 saturated carbocycles. The van der Waals surface area contributed by atoms with Gasteiger partial charge < -0.3 is 30.0 Å². The molecule has 14 heavy (non-hydrogen) atoms. The van der Waals surface area contributed by atoms with Crippen molar-refractivity contribution in [2.45, 2.75) is 37.9 Å². The molecule has 6 heteroatoms. The fraction of sp³-hybridized carbons (Fsp3) is 0.875. The number of aliphatic hydroxyl groups excluding tert-OH is 4. The van der Waals surface area contributed by atoms with E-state index in [0.717, 1.165) is 6.29 Å². The first-order valence-electron chi connectivity index (χ1n) is 4.27. The third-order valence-corrected chi connectivity index (χ3v) is 1.73. The highest BCUT2D eigenvalue weighted by Crippen LogP contribution is 2.18. The normalized spacial score (nSPS) is 36.9. The Labute approximate surface area is 81.7 Å². The Morgan fingerprint density at radius 3 is 2.36 bits per heavy atom. The largest absolute Gasteiger partial charge is 0.394 e. The van der Waals surface area contributed by atoms with E-state index < -0.39 is 31.2 Å². The van der Waals surface area contributed by atoms with Crippen LogP contribution in [0.2, 0.25) is 0 Å². The van der Waals surface area contributed by atoms with Crippen LogP contribution in [0.5, 0.6) is 0 Å². The molecule has 4 N–H and O–H groups in total. The van der Waals surface area contributed by atoms with Gasteiger partial charge in [0.25, 0.3) is 0 Å². The summed E-state index contributed by atoms with van der Waals surface area (Å²) in [6.07, 6.45) is -3.36. The number of rotatable bonds is 1. The summed E-state index contributed by atoms with van der Waals surface area (Å²) in [6, 6.07) is 0. The first-order valence-corrected chi connectivity index (χ1v) is 4.27. The maximum Gasteiger partial charge on any atom is 0.157 e. The molecule has 4 atom stereocenters. The van der Waals surface area contributed by atoms with Crippen molar-refractivity contribution in [3.63, 3.8) is 0 Å². The lowest BCUT2D eigenvalue weighted by molar-refractivity contribution is -0.239. The number of carbonyl (C=O) groups is 1. The molecule has 1 aliphatic heterocycles. The lowest BCUT2D eigenvalue weighted by Gasteiger charge is -2.33. The Morgan fingerprint density at radius 1 is 1.43 bits per heavy atom. The molecule has 0 bridgehead atoms. The van der Waals surface area contributed by atoms with E-state index in [1.54, 1.807) is 0 Å². The van der Waals surface area contributed by atoms with E-state index in [4.69, 9.17) is 30.0 Å². The third kappa shape index (κ3) is 4.12. The minimum atomic E-state index is -1.11. The van der Waals surface area contributed by atoms with Gasteiger partial charge in [-0.3, -0.25) is 0 Å². The highest BCUT2D eigenvalue weighted by molar-refractivity contribution is 5.44. The Balaban J connectivity index is 0.000000500. The van der Waals surface area contributed by atoms with Gasteiger partial charge >= 0.3 is 0 Å². The van der Waals surface area contributed by atoms with E-state index in [0.29, 0.717) is 0 Å². The number of aldehydes is 1. The van der Waals surface area contributed by atoms with Gasteiger partial charge in [-0.1, -0.05) is 0 Å². The van der Waals surface area contributed by atoms with Gasteiger partial charge in [0.1, 0.15) is 18.5 Å². The number of hydrogen-bond donors (Lipinski definition) is 4. The van der Waals surface area contributed by atoms with E-state index in [1.165, 1.54) is 6.92 Å². The second kappa shape index (κ2) is 6.86. The Hall–Kier alpha value is -0.530. The summed E-state index contributed by atoms with van der Waals surface area (Å²) in [5, 5.41) is 35.6. The van der Waals surface area contributed by atoms with Crippen LogP contribution in [0.25, 0.3) is 0 Å². The highest BCUT2D eigenvalue weighted by atomic mass is 16.6.